The number of carbonyl (C=O) groups is 1. The number of hydrogen-bond donors (Lipinski definition) is 2. The van der Waals surface area contributed by atoms with E-state index in [-0.39, 0.29) is 17.0 Å². The van der Waals surface area contributed by atoms with Gasteiger partial charge in [-0.25, -0.2) is 4.39 Å². The topological polar surface area (TPSA) is 71.7 Å². The van der Waals surface area contributed by atoms with Crippen molar-refractivity contribution in [3.05, 3.63) is 59.0 Å². The summed E-state index contributed by atoms with van der Waals surface area (Å²) in [6, 6.07) is 10.3. The molecule has 5 rings (SSSR count). The number of aliphatic carboxylic acids is 1. The maximum Gasteiger partial charge on any atom is 0.306 e. The molecule has 1 aliphatic heterocycles. The Labute approximate surface area is 173 Å². The summed E-state index contributed by atoms with van der Waals surface area (Å²) >= 11 is 0. The van der Waals surface area contributed by atoms with Crippen molar-refractivity contribution in [2.75, 3.05) is 6.61 Å². The van der Waals surface area contributed by atoms with Gasteiger partial charge in [0.05, 0.1) is 23.6 Å². The molecule has 0 unspecified atom stereocenters. The van der Waals surface area contributed by atoms with Gasteiger partial charge in [-0.2, -0.15) is 0 Å². The minimum Gasteiger partial charge on any atom is -0.508 e. The number of ether oxygens (including phenoxy) is 1. The Kier molecular flexibility index (Phi) is 3.87. The molecule has 1 aromatic heterocycles. The third kappa shape index (κ3) is 2.53. The predicted molar refractivity (Wildman–Crippen MR) is 111 cm³/mol. The average molecular weight is 409 g/mol. The number of fused-ring (bicyclic) bond motifs is 4. The smallest absolute Gasteiger partial charge is 0.306 e. The third-order valence-electron chi connectivity index (χ3n) is 6.66. The van der Waals surface area contributed by atoms with Gasteiger partial charge in [0.15, 0.2) is 0 Å². The summed E-state index contributed by atoms with van der Waals surface area (Å²) in [5.41, 5.74) is 3.22. The molecular weight excluding hydrogens is 385 g/mol. The molecule has 1 fully saturated rings. The molecule has 30 heavy (non-hydrogen) atoms. The van der Waals surface area contributed by atoms with Crippen molar-refractivity contribution < 1.29 is 24.1 Å². The second-order valence-corrected chi connectivity index (χ2v) is 9.30. The number of phenolic OH excluding ortho intramolecular Hbond substituents is 1. The molecule has 0 radical (unpaired) electrons. The summed E-state index contributed by atoms with van der Waals surface area (Å²) in [6.45, 7) is 6.38. The lowest BCUT2D eigenvalue weighted by molar-refractivity contribution is -0.180. The average Bonchev–Trinajstić information content (AvgIpc) is 2.99. The number of carboxylic acid groups (broad SMARTS) is 1. The maximum absolute atomic E-state index is 14.0. The van der Waals surface area contributed by atoms with E-state index in [1.807, 2.05) is 12.1 Å². The van der Waals surface area contributed by atoms with E-state index in [0.717, 1.165) is 27.8 Å². The first-order valence-electron chi connectivity index (χ1n) is 10.1. The monoisotopic (exact) mass is 409 g/mol. The van der Waals surface area contributed by atoms with Crippen LogP contribution in [0.1, 0.15) is 43.5 Å². The van der Waals surface area contributed by atoms with E-state index in [9.17, 15) is 19.4 Å². The van der Waals surface area contributed by atoms with E-state index in [1.165, 1.54) is 6.07 Å². The largest absolute Gasteiger partial charge is 0.508 e. The Morgan fingerprint density at radius 2 is 1.93 bits per heavy atom. The molecule has 2 aromatic carbocycles. The molecule has 1 spiro atoms. The van der Waals surface area contributed by atoms with Crippen LogP contribution in [0.5, 0.6) is 5.75 Å². The summed E-state index contributed by atoms with van der Waals surface area (Å²) in [5.74, 6) is -1.37. The molecule has 0 amide bonds. The summed E-state index contributed by atoms with van der Waals surface area (Å²) in [5, 5.41) is 20.5. The molecule has 1 saturated carbocycles. The van der Waals surface area contributed by atoms with Crippen molar-refractivity contribution >= 4 is 16.9 Å². The van der Waals surface area contributed by atoms with Gasteiger partial charge < -0.3 is 19.5 Å². The number of nitrogens with zero attached hydrogens (tertiary/aromatic N) is 1. The first-order valence-corrected chi connectivity index (χ1v) is 10.1. The fourth-order valence-corrected chi connectivity index (χ4v) is 5.11. The number of aryl methyl sites for hydroxylation is 1. The predicted octanol–water partition coefficient (Wildman–Crippen LogP) is 4.78. The second kappa shape index (κ2) is 6.08. The van der Waals surface area contributed by atoms with Crippen molar-refractivity contribution in [1.29, 1.82) is 0 Å². The molecule has 5 nitrogen and oxygen atoms in total. The van der Waals surface area contributed by atoms with Gasteiger partial charge in [-0.1, -0.05) is 13.8 Å². The summed E-state index contributed by atoms with van der Waals surface area (Å²) in [6.07, 6.45) is 0.811. The molecule has 156 valence electrons. The van der Waals surface area contributed by atoms with Crippen LogP contribution in [-0.2, 0) is 20.5 Å². The van der Waals surface area contributed by atoms with Crippen LogP contribution in [0.15, 0.2) is 36.4 Å². The molecule has 2 heterocycles. The molecule has 2 aliphatic rings. The molecule has 0 atom stereocenters. The van der Waals surface area contributed by atoms with E-state index in [4.69, 9.17) is 4.74 Å². The van der Waals surface area contributed by atoms with E-state index in [1.54, 1.807) is 25.1 Å². The van der Waals surface area contributed by atoms with Crippen LogP contribution in [0.4, 0.5) is 4.39 Å². The quantitative estimate of drug-likeness (QED) is 0.639. The van der Waals surface area contributed by atoms with Gasteiger partial charge in [0.2, 0.25) is 0 Å². The van der Waals surface area contributed by atoms with Crippen molar-refractivity contribution in [2.45, 2.75) is 44.6 Å². The lowest BCUT2D eigenvalue weighted by atomic mass is 9.63. The first kappa shape index (κ1) is 19.1. The molecule has 1 aliphatic carbocycles. The number of aromatic hydroxyl groups is 1. The van der Waals surface area contributed by atoms with Crippen LogP contribution in [-0.4, -0.2) is 27.4 Å². The molecule has 2 N–H and O–H groups in total. The second-order valence-electron chi connectivity index (χ2n) is 9.30. The van der Waals surface area contributed by atoms with Gasteiger partial charge in [0.25, 0.3) is 0 Å². The molecule has 0 saturated heterocycles. The van der Waals surface area contributed by atoms with Crippen molar-refractivity contribution in [1.82, 2.24) is 4.57 Å². The van der Waals surface area contributed by atoms with Crippen LogP contribution in [0, 0.1) is 18.7 Å². The zero-order valence-electron chi connectivity index (χ0n) is 17.2. The highest BCUT2D eigenvalue weighted by atomic mass is 19.1. The molecule has 6 heteroatoms. The van der Waals surface area contributed by atoms with Crippen LogP contribution in [0.2, 0.25) is 0 Å². The molecule has 3 aromatic rings. The van der Waals surface area contributed by atoms with Crippen molar-refractivity contribution in [2.24, 2.45) is 5.92 Å². The Balaban J connectivity index is 1.85. The number of benzene rings is 2. The first-order chi connectivity index (χ1) is 14.1. The number of hydrogen-bond acceptors (Lipinski definition) is 3. The van der Waals surface area contributed by atoms with Gasteiger partial charge in [0, 0.05) is 27.7 Å². The van der Waals surface area contributed by atoms with E-state index >= 15 is 0 Å². The number of rotatable bonds is 2. The standard InChI is InChI=1S/C24H24FNO4/c1-13-8-15(4-6-18(13)25)26-19-7-5-16(27)9-17(19)20-21(26)23(2,3)12-30-24(20)10-14(11-24)22(28)29/h4-9,14,27H,10-12H2,1-3H3,(H,28,29). The number of carboxylic acids is 1. The van der Waals surface area contributed by atoms with Gasteiger partial charge in [-0.05, 0) is 61.7 Å². The zero-order chi connectivity index (χ0) is 21.4. The maximum atomic E-state index is 14.0. The van der Waals surface area contributed by atoms with Crippen LogP contribution in [0.25, 0.3) is 16.6 Å². The number of halogens is 1. The summed E-state index contributed by atoms with van der Waals surface area (Å²) in [7, 11) is 0. The molecule has 0 bridgehead atoms. The van der Waals surface area contributed by atoms with Gasteiger partial charge in [-0.3, -0.25) is 4.79 Å². The number of phenols is 1. The van der Waals surface area contributed by atoms with Gasteiger partial charge in [0.1, 0.15) is 11.6 Å². The Morgan fingerprint density at radius 3 is 2.60 bits per heavy atom. The lowest BCUT2D eigenvalue weighted by Crippen LogP contribution is -2.52. The van der Waals surface area contributed by atoms with E-state index < -0.39 is 17.5 Å². The minimum absolute atomic E-state index is 0.144. The Bertz CT molecular complexity index is 1200. The van der Waals surface area contributed by atoms with Crippen LogP contribution in [0.3, 0.4) is 0 Å². The fraction of sp³-hybridized carbons (Fsp3) is 0.375. The zero-order valence-corrected chi connectivity index (χ0v) is 17.2. The Hall–Kier alpha value is -2.86. The molecular formula is C24H24FNO4. The van der Waals surface area contributed by atoms with Gasteiger partial charge in [-0.15, -0.1) is 0 Å². The lowest BCUT2D eigenvalue weighted by Gasteiger charge is -2.51. The normalized spacial score (nSPS) is 24.6. The highest BCUT2D eigenvalue weighted by Gasteiger charge is 2.56. The number of aromatic nitrogens is 1. The van der Waals surface area contributed by atoms with E-state index in [2.05, 4.69) is 18.4 Å². The van der Waals surface area contributed by atoms with Crippen LogP contribution >= 0.6 is 0 Å². The Morgan fingerprint density at radius 1 is 1.20 bits per heavy atom. The van der Waals surface area contributed by atoms with Crippen molar-refractivity contribution in [3.63, 3.8) is 0 Å². The van der Waals surface area contributed by atoms with Gasteiger partial charge >= 0.3 is 5.97 Å². The van der Waals surface area contributed by atoms with Crippen LogP contribution < -0.4 is 0 Å². The fourth-order valence-electron chi connectivity index (χ4n) is 5.11. The SMILES string of the molecule is Cc1cc(-n2c3c(c4cc(O)ccc42)C2(CC(C(=O)O)C2)OCC3(C)C)ccc1F. The summed E-state index contributed by atoms with van der Waals surface area (Å²) < 4.78 is 22.5. The summed E-state index contributed by atoms with van der Waals surface area (Å²) in [4.78, 5) is 11.5. The van der Waals surface area contributed by atoms with E-state index in [0.29, 0.717) is 25.0 Å². The highest BCUT2D eigenvalue weighted by molar-refractivity contribution is 5.91. The third-order valence-corrected chi connectivity index (χ3v) is 6.66. The van der Waals surface area contributed by atoms with Crippen molar-refractivity contribution in [3.8, 4) is 11.4 Å². The minimum atomic E-state index is -0.809. The highest BCUT2D eigenvalue weighted by Crippen LogP contribution is 2.58.